The Hall–Kier alpha value is -1.69. The van der Waals surface area contributed by atoms with E-state index in [1.165, 1.54) is 4.90 Å². The molecule has 2 N–H and O–H groups in total. The van der Waals surface area contributed by atoms with Gasteiger partial charge in [-0.3, -0.25) is 0 Å². The molecule has 0 aromatic heterocycles. The molecule has 0 fully saturated rings. The van der Waals surface area contributed by atoms with E-state index in [1.807, 2.05) is 44.2 Å². The van der Waals surface area contributed by atoms with E-state index in [4.69, 9.17) is 0 Å². The summed E-state index contributed by atoms with van der Waals surface area (Å²) >= 11 is 4.14. The smallest absolute Gasteiger partial charge is 0.326 e. The third-order valence-electron chi connectivity index (χ3n) is 3.49. The number of hydrogen-bond acceptors (Lipinski definition) is 3. The Morgan fingerprint density at radius 2 is 1.91 bits per heavy atom. The number of aliphatic carboxylic acids is 1. The fraction of sp³-hybridized carbons (Fsp3) is 0.529. The first kappa shape index (κ1) is 19.4. The Morgan fingerprint density at radius 3 is 2.43 bits per heavy atom. The summed E-state index contributed by atoms with van der Waals surface area (Å²) in [5.74, 6) is -0.358. The highest BCUT2D eigenvalue weighted by atomic mass is 32.1. The quantitative estimate of drug-likeness (QED) is 0.606. The van der Waals surface area contributed by atoms with Gasteiger partial charge in [0.2, 0.25) is 0 Å². The van der Waals surface area contributed by atoms with Crippen LogP contribution in [0.2, 0.25) is 0 Å². The van der Waals surface area contributed by atoms with E-state index >= 15 is 0 Å². The molecular weight excluding hydrogens is 312 g/mol. The molecule has 6 heteroatoms. The lowest BCUT2D eigenvalue weighted by Crippen LogP contribution is -2.51. The van der Waals surface area contributed by atoms with Crippen LogP contribution in [-0.2, 0) is 11.2 Å². The average Bonchev–Trinajstić information content (AvgIpc) is 2.51. The zero-order chi connectivity index (χ0) is 17.2. The molecule has 2 amide bonds. The highest BCUT2D eigenvalue weighted by molar-refractivity contribution is 7.80. The van der Waals surface area contributed by atoms with Crippen LogP contribution in [0.25, 0.3) is 0 Å². The summed E-state index contributed by atoms with van der Waals surface area (Å²) in [6.07, 6.45) is 1.14. The molecule has 0 heterocycles. The van der Waals surface area contributed by atoms with Gasteiger partial charge in [-0.2, -0.15) is 12.6 Å². The van der Waals surface area contributed by atoms with Crippen molar-refractivity contribution < 1.29 is 14.7 Å². The van der Waals surface area contributed by atoms with Gasteiger partial charge in [0.25, 0.3) is 0 Å². The molecule has 1 aromatic rings. The minimum absolute atomic E-state index is 0.190. The van der Waals surface area contributed by atoms with Crippen LogP contribution < -0.4 is 5.32 Å². The minimum atomic E-state index is -0.973. The topological polar surface area (TPSA) is 69.6 Å². The molecule has 0 saturated heterocycles. The monoisotopic (exact) mass is 338 g/mol. The second-order valence-corrected chi connectivity index (χ2v) is 6.32. The Bertz CT molecular complexity index is 494. The van der Waals surface area contributed by atoms with Crippen LogP contribution in [0.1, 0.15) is 25.8 Å². The summed E-state index contributed by atoms with van der Waals surface area (Å²) in [6.45, 7) is 4.67. The van der Waals surface area contributed by atoms with Crippen molar-refractivity contribution in [2.75, 3.05) is 18.8 Å². The Balaban J connectivity index is 2.63. The van der Waals surface area contributed by atoms with Crippen LogP contribution in [0.4, 0.5) is 4.79 Å². The van der Waals surface area contributed by atoms with Crippen LogP contribution in [0.3, 0.4) is 0 Å². The number of nitrogens with one attached hydrogen (secondary N) is 1. The van der Waals surface area contributed by atoms with E-state index < -0.39 is 12.0 Å². The predicted molar refractivity (Wildman–Crippen MR) is 95.0 cm³/mol. The second kappa shape index (κ2) is 10.2. The SMILES string of the molecule is CC(C)CC(C(=O)O)N(CCS)C(=O)NCCc1ccccc1. The summed E-state index contributed by atoms with van der Waals surface area (Å²) < 4.78 is 0. The first-order chi connectivity index (χ1) is 11.0. The Kier molecular flexibility index (Phi) is 8.55. The Morgan fingerprint density at radius 1 is 1.26 bits per heavy atom. The lowest BCUT2D eigenvalue weighted by atomic mass is 10.0. The second-order valence-electron chi connectivity index (χ2n) is 5.87. The van der Waals surface area contributed by atoms with Crippen molar-refractivity contribution in [1.29, 1.82) is 0 Å². The fourth-order valence-corrected chi connectivity index (χ4v) is 2.59. The maximum Gasteiger partial charge on any atom is 0.326 e. The number of thiol groups is 1. The summed E-state index contributed by atoms with van der Waals surface area (Å²) in [5.41, 5.74) is 1.13. The zero-order valence-electron chi connectivity index (χ0n) is 13.7. The van der Waals surface area contributed by atoms with E-state index in [9.17, 15) is 14.7 Å². The molecule has 0 bridgehead atoms. The maximum absolute atomic E-state index is 12.4. The number of amides is 2. The first-order valence-electron chi connectivity index (χ1n) is 7.87. The van der Waals surface area contributed by atoms with E-state index in [2.05, 4.69) is 17.9 Å². The average molecular weight is 338 g/mol. The molecule has 0 aliphatic heterocycles. The number of benzene rings is 1. The number of carboxylic acid groups (broad SMARTS) is 1. The molecular formula is C17H26N2O3S. The molecule has 1 aromatic carbocycles. The van der Waals surface area contributed by atoms with Crippen LogP contribution in [0.15, 0.2) is 30.3 Å². The standard InChI is InChI=1S/C17H26N2O3S/c1-13(2)12-15(16(20)21)19(10-11-23)17(22)18-9-8-14-6-4-3-5-7-14/h3-7,13,15,23H,8-12H2,1-2H3,(H,18,22)(H,20,21). The Labute approximate surface area is 143 Å². The molecule has 1 rings (SSSR count). The largest absolute Gasteiger partial charge is 0.480 e. The van der Waals surface area contributed by atoms with Gasteiger partial charge in [-0.15, -0.1) is 0 Å². The molecule has 5 nitrogen and oxygen atoms in total. The van der Waals surface area contributed by atoms with Gasteiger partial charge in [-0.05, 0) is 24.3 Å². The first-order valence-corrected chi connectivity index (χ1v) is 8.51. The van der Waals surface area contributed by atoms with E-state index in [1.54, 1.807) is 0 Å². The molecule has 1 unspecified atom stereocenters. The van der Waals surface area contributed by atoms with Gasteiger partial charge in [0.15, 0.2) is 0 Å². The predicted octanol–water partition coefficient (Wildman–Crippen LogP) is 2.67. The van der Waals surface area contributed by atoms with Gasteiger partial charge in [0, 0.05) is 18.8 Å². The molecule has 23 heavy (non-hydrogen) atoms. The number of hydrogen-bond donors (Lipinski definition) is 3. The third-order valence-corrected chi connectivity index (χ3v) is 3.69. The molecule has 0 radical (unpaired) electrons. The number of carbonyl (C=O) groups is 2. The summed E-state index contributed by atoms with van der Waals surface area (Å²) in [4.78, 5) is 25.2. The summed E-state index contributed by atoms with van der Waals surface area (Å²) in [5, 5.41) is 12.2. The highest BCUT2D eigenvalue weighted by Crippen LogP contribution is 2.13. The van der Waals surface area contributed by atoms with Crippen LogP contribution in [0, 0.1) is 5.92 Å². The minimum Gasteiger partial charge on any atom is -0.480 e. The maximum atomic E-state index is 12.4. The van der Waals surface area contributed by atoms with Crippen LogP contribution in [0.5, 0.6) is 0 Å². The van der Waals surface area contributed by atoms with E-state index in [-0.39, 0.29) is 11.9 Å². The van der Waals surface area contributed by atoms with E-state index in [0.29, 0.717) is 31.7 Å². The van der Waals surface area contributed by atoms with Crippen molar-refractivity contribution in [2.45, 2.75) is 32.7 Å². The van der Waals surface area contributed by atoms with Crippen molar-refractivity contribution in [3.05, 3.63) is 35.9 Å². The van der Waals surface area contributed by atoms with Gasteiger partial charge in [-0.1, -0.05) is 44.2 Å². The summed E-state index contributed by atoms with van der Waals surface area (Å²) in [7, 11) is 0. The number of urea groups is 1. The zero-order valence-corrected chi connectivity index (χ0v) is 14.6. The van der Waals surface area contributed by atoms with Gasteiger partial charge in [0.1, 0.15) is 6.04 Å². The van der Waals surface area contributed by atoms with Crippen molar-refractivity contribution in [3.63, 3.8) is 0 Å². The van der Waals surface area contributed by atoms with Gasteiger partial charge in [0.05, 0.1) is 0 Å². The molecule has 0 aliphatic carbocycles. The van der Waals surface area contributed by atoms with Crippen LogP contribution >= 0.6 is 12.6 Å². The van der Waals surface area contributed by atoms with E-state index in [0.717, 1.165) is 5.56 Å². The normalized spacial score (nSPS) is 12.0. The third kappa shape index (κ3) is 6.95. The van der Waals surface area contributed by atoms with Gasteiger partial charge < -0.3 is 15.3 Å². The summed E-state index contributed by atoms with van der Waals surface area (Å²) in [6, 6.07) is 8.68. The number of rotatable bonds is 9. The van der Waals surface area contributed by atoms with Crippen molar-refractivity contribution in [1.82, 2.24) is 10.2 Å². The van der Waals surface area contributed by atoms with Crippen LogP contribution in [-0.4, -0.2) is 46.9 Å². The highest BCUT2D eigenvalue weighted by Gasteiger charge is 2.29. The van der Waals surface area contributed by atoms with Gasteiger partial charge >= 0.3 is 12.0 Å². The molecule has 0 saturated carbocycles. The molecule has 0 spiro atoms. The fourth-order valence-electron chi connectivity index (χ4n) is 2.37. The molecule has 128 valence electrons. The number of carbonyl (C=O) groups excluding carboxylic acids is 1. The van der Waals surface area contributed by atoms with Crippen molar-refractivity contribution >= 4 is 24.6 Å². The number of nitrogens with zero attached hydrogens (tertiary/aromatic N) is 1. The lowest BCUT2D eigenvalue weighted by molar-refractivity contribution is -0.142. The number of carboxylic acids is 1. The molecule has 0 aliphatic rings. The molecule has 1 atom stereocenters. The van der Waals surface area contributed by atoms with Crippen molar-refractivity contribution in [2.24, 2.45) is 5.92 Å². The lowest BCUT2D eigenvalue weighted by Gasteiger charge is -2.29. The van der Waals surface area contributed by atoms with Crippen molar-refractivity contribution in [3.8, 4) is 0 Å². The van der Waals surface area contributed by atoms with Gasteiger partial charge in [-0.25, -0.2) is 9.59 Å².